The van der Waals surface area contributed by atoms with Crippen molar-refractivity contribution in [2.75, 3.05) is 64.8 Å². The third-order valence-corrected chi connectivity index (χ3v) is 4.50. The van der Waals surface area contributed by atoms with Gasteiger partial charge in [-0.2, -0.15) is 0 Å². The molecule has 5 nitrogen and oxygen atoms in total. The second-order valence-corrected chi connectivity index (χ2v) is 6.34. The van der Waals surface area contributed by atoms with Crippen LogP contribution in [0, 0.1) is 6.92 Å². The van der Waals surface area contributed by atoms with E-state index in [1.165, 1.54) is 11.3 Å². The van der Waals surface area contributed by atoms with Gasteiger partial charge in [-0.3, -0.25) is 9.69 Å². The Morgan fingerprint density at radius 1 is 1.26 bits per heavy atom. The summed E-state index contributed by atoms with van der Waals surface area (Å²) in [5.74, 6) is 0.237. The highest BCUT2D eigenvalue weighted by Crippen LogP contribution is 2.17. The van der Waals surface area contributed by atoms with Crippen LogP contribution in [0.4, 0.5) is 5.69 Å². The van der Waals surface area contributed by atoms with Crippen molar-refractivity contribution in [3.63, 3.8) is 0 Å². The zero-order valence-corrected chi connectivity index (χ0v) is 14.7. The van der Waals surface area contributed by atoms with Gasteiger partial charge in [-0.25, -0.2) is 0 Å². The maximum atomic E-state index is 12.1. The summed E-state index contributed by atoms with van der Waals surface area (Å²) in [5, 5.41) is 3.07. The molecular formula is C18H30N4O. The van der Waals surface area contributed by atoms with Crippen LogP contribution in [-0.4, -0.2) is 75.6 Å². The molecule has 1 aromatic rings. The number of piperazine rings is 1. The van der Waals surface area contributed by atoms with E-state index in [0.29, 0.717) is 6.42 Å². The summed E-state index contributed by atoms with van der Waals surface area (Å²) in [6.07, 6.45) is 0.616. The highest BCUT2D eigenvalue weighted by molar-refractivity contribution is 5.76. The van der Waals surface area contributed by atoms with Gasteiger partial charge in [0.25, 0.3) is 0 Å². The lowest BCUT2D eigenvalue weighted by atomic mass is 10.2. The first-order valence-corrected chi connectivity index (χ1v) is 8.52. The number of carbonyl (C=O) groups excluding carboxylic acids is 1. The molecule has 0 atom stereocenters. The highest BCUT2D eigenvalue weighted by Gasteiger charge is 2.18. The summed E-state index contributed by atoms with van der Waals surface area (Å²) < 4.78 is 0. The number of carbonyl (C=O) groups is 1. The van der Waals surface area contributed by atoms with E-state index >= 15 is 0 Å². The van der Waals surface area contributed by atoms with Crippen molar-refractivity contribution in [3.05, 3.63) is 29.8 Å². The minimum Gasteiger partial charge on any atom is -0.369 e. The van der Waals surface area contributed by atoms with Gasteiger partial charge in [0.2, 0.25) is 5.91 Å². The fourth-order valence-corrected chi connectivity index (χ4v) is 2.90. The molecule has 0 radical (unpaired) electrons. The lowest BCUT2D eigenvalue weighted by molar-refractivity contribution is -0.130. The lowest BCUT2D eigenvalue weighted by Crippen LogP contribution is -2.47. The van der Waals surface area contributed by atoms with Crippen LogP contribution in [0.25, 0.3) is 0 Å². The molecule has 0 saturated carbocycles. The van der Waals surface area contributed by atoms with E-state index in [2.05, 4.69) is 46.3 Å². The zero-order valence-electron chi connectivity index (χ0n) is 14.7. The van der Waals surface area contributed by atoms with Gasteiger partial charge in [-0.1, -0.05) is 12.1 Å². The van der Waals surface area contributed by atoms with Gasteiger partial charge in [0, 0.05) is 65.0 Å². The van der Waals surface area contributed by atoms with Crippen LogP contribution in [0.3, 0.4) is 0 Å². The number of nitrogens with one attached hydrogen (secondary N) is 1. The number of anilines is 1. The van der Waals surface area contributed by atoms with E-state index in [1.807, 2.05) is 19.0 Å². The van der Waals surface area contributed by atoms with Crippen molar-refractivity contribution in [1.82, 2.24) is 15.1 Å². The first kappa shape index (κ1) is 17.8. The molecule has 23 heavy (non-hydrogen) atoms. The van der Waals surface area contributed by atoms with E-state index in [4.69, 9.17) is 0 Å². The molecule has 0 bridgehead atoms. The van der Waals surface area contributed by atoms with Gasteiger partial charge in [0.05, 0.1) is 0 Å². The average Bonchev–Trinajstić information content (AvgIpc) is 2.58. The first-order chi connectivity index (χ1) is 11.1. The highest BCUT2D eigenvalue weighted by atomic mass is 16.2. The molecule has 1 heterocycles. The summed E-state index contributed by atoms with van der Waals surface area (Å²) in [6.45, 7) is 8.75. The molecule has 1 N–H and O–H groups in total. The Hall–Kier alpha value is -1.59. The molecule has 1 aliphatic heterocycles. The Morgan fingerprint density at radius 3 is 2.65 bits per heavy atom. The Kier molecular flexibility index (Phi) is 6.86. The number of amides is 1. The summed E-state index contributed by atoms with van der Waals surface area (Å²) in [5.41, 5.74) is 2.62. The van der Waals surface area contributed by atoms with Gasteiger partial charge >= 0.3 is 0 Å². The first-order valence-electron chi connectivity index (χ1n) is 8.52. The Bertz CT molecular complexity index is 498. The number of likely N-dealkylation sites (N-methyl/N-ethyl adjacent to an activating group) is 2. The third kappa shape index (κ3) is 5.52. The Labute approximate surface area is 140 Å². The summed E-state index contributed by atoms with van der Waals surface area (Å²) >= 11 is 0. The van der Waals surface area contributed by atoms with Crippen LogP contribution in [0.1, 0.15) is 12.0 Å². The van der Waals surface area contributed by atoms with Gasteiger partial charge in [-0.05, 0) is 31.7 Å². The van der Waals surface area contributed by atoms with Gasteiger partial charge in [0.15, 0.2) is 0 Å². The summed E-state index contributed by atoms with van der Waals surface area (Å²) in [7, 11) is 3.79. The van der Waals surface area contributed by atoms with Crippen molar-refractivity contribution in [1.29, 1.82) is 0 Å². The van der Waals surface area contributed by atoms with Crippen LogP contribution in [0.2, 0.25) is 0 Å². The second kappa shape index (κ2) is 8.89. The largest absolute Gasteiger partial charge is 0.369 e. The van der Waals surface area contributed by atoms with E-state index in [-0.39, 0.29) is 5.91 Å². The van der Waals surface area contributed by atoms with Crippen LogP contribution >= 0.6 is 0 Å². The van der Waals surface area contributed by atoms with E-state index in [1.54, 1.807) is 0 Å². The Morgan fingerprint density at radius 2 is 2.00 bits per heavy atom. The molecule has 0 spiro atoms. The monoisotopic (exact) mass is 318 g/mol. The molecule has 5 heteroatoms. The van der Waals surface area contributed by atoms with Crippen LogP contribution in [0.15, 0.2) is 24.3 Å². The molecule has 1 fully saturated rings. The van der Waals surface area contributed by atoms with Gasteiger partial charge < -0.3 is 15.1 Å². The molecule has 128 valence electrons. The molecule has 0 aromatic heterocycles. The number of rotatable bonds is 7. The Balaban J connectivity index is 1.71. The number of hydrogen-bond acceptors (Lipinski definition) is 4. The normalized spacial score (nSPS) is 15.7. The van der Waals surface area contributed by atoms with Gasteiger partial charge in [0.1, 0.15) is 0 Å². The van der Waals surface area contributed by atoms with Crippen molar-refractivity contribution < 1.29 is 4.79 Å². The van der Waals surface area contributed by atoms with Crippen molar-refractivity contribution in [2.45, 2.75) is 13.3 Å². The minimum atomic E-state index is 0.237. The van der Waals surface area contributed by atoms with Crippen molar-refractivity contribution in [3.8, 4) is 0 Å². The smallest absolute Gasteiger partial charge is 0.223 e. The molecular weight excluding hydrogens is 288 g/mol. The van der Waals surface area contributed by atoms with Crippen LogP contribution < -0.4 is 10.2 Å². The predicted molar refractivity (Wildman–Crippen MR) is 96.0 cm³/mol. The molecule has 1 amide bonds. The molecule has 1 aromatic carbocycles. The summed E-state index contributed by atoms with van der Waals surface area (Å²) in [6, 6.07) is 8.69. The summed E-state index contributed by atoms with van der Waals surface area (Å²) in [4.78, 5) is 18.7. The molecule has 1 aliphatic rings. The minimum absolute atomic E-state index is 0.237. The fraction of sp³-hybridized carbons (Fsp3) is 0.611. The average molecular weight is 318 g/mol. The van der Waals surface area contributed by atoms with E-state index in [0.717, 1.165) is 45.8 Å². The quantitative estimate of drug-likeness (QED) is 0.819. The molecule has 0 unspecified atom stereocenters. The van der Waals surface area contributed by atoms with Crippen LogP contribution in [0.5, 0.6) is 0 Å². The maximum Gasteiger partial charge on any atom is 0.223 e. The zero-order chi connectivity index (χ0) is 16.7. The number of hydrogen-bond donors (Lipinski definition) is 1. The number of nitrogens with zero attached hydrogens (tertiary/aromatic N) is 3. The van der Waals surface area contributed by atoms with Crippen molar-refractivity contribution >= 4 is 11.6 Å². The number of benzene rings is 1. The maximum absolute atomic E-state index is 12.1. The predicted octanol–water partition coefficient (Wildman–Crippen LogP) is 1.18. The number of aryl methyl sites for hydroxylation is 1. The van der Waals surface area contributed by atoms with E-state index < -0.39 is 0 Å². The molecule has 0 aliphatic carbocycles. The fourth-order valence-electron chi connectivity index (χ4n) is 2.90. The second-order valence-electron chi connectivity index (χ2n) is 6.34. The third-order valence-electron chi connectivity index (χ3n) is 4.50. The molecule has 2 rings (SSSR count). The van der Waals surface area contributed by atoms with Crippen molar-refractivity contribution in [2.24, 2.45) is 0 Å². The van der Waals surface area contributed by atoms with Gasteiger partial charge in [-0.15, -0.1) is 0 Å². The topological polar surface area (TPSA) is 38.8 Å². The molecule has 1 saturated heterocycles. The lowest BCUT2D eigenvalue weighted by Gasteiger charge is -2.36. The van der Waals surface area contributed by atoms with Crippen LogP contribution in [-0.2, 0) is 4.79 Å². The van der Waals surface area contributed by atoms with E-state index in [9.17, 15) is 4.79 Å². The SMILES string of the molecule is CNCCN(C)C(=O)CCN1CCN(c2cccc(C)c2)CC1. The standard InChI is InChI=1S/C18H30N4O/c1-16-5-4-6-17(15-16)22-13-11-21(12-14-22)9-7-18(23)20(3)10-8-19-2/h4-6,15,19H,7-14H2,1-3H3.